The average molecular weight is 421 g/mol. The zero-order valence-corrected chi connectivity index (χ0v) is 18.5. The van der Waals surface area contributed by atoms with E-state index in [1.165, 1.54) is 11.6 Å². The van der Waals surface area contributed by atoms with Gasteiger partial charge in [-0.1, -0.05) is 26.7 Å². The minimum atomic E-state index is -0.999. The number of rotatable bonds is 13. The lowest BCUT2D eigenvalue weighted by Crippen LogP contribution is -2.41. The van der Waals surface area contributed by atoms with E-state index >= 15 is 0 Å². The highest BCUT2D eigenvalue weighted by Gasteiger charge is 2.16. The molecule has 0 aliphatic carbocycles. The molecule has 0 saturated heterocycles. The molecule has 7 nitrogen and oxygen atoms in total. The van der Waals surface area contributed by atoms with Crippen LogP contribution in [0.4, 0.5) is 0 Å². The fraction of sp³-hybridized carbons (Fsp3) is 0.778. The molecule has 0 fully saturated rings. The van der Waals surface area contributed by atoms with Crippen LogP contribution in [-0.4, -0.2) is 47.2 Å². The lowest BCUT2D eigenvalue weighted by atomic mass is 10.3. The zero-order chi connectivity index (χ0) is 20.4. The van der Waals surface area contributed by atoms with Crippen molar-refractivity contribution in [3.8, 4) is 5.75 Å². The Bertz CT molecular complexity index is 770. The van der Waals surface area contributed by atoms with Crippen molar-refractivity contribution in [2.75, 3.05) is 29.6 Å². The highest BCUT2D eigenvalue weighted by Crippen LogP contribution is 2.10. The highest BCUT2D eigenvalue weighted by molar-refractivity contribution is 7.85. The van der Waals surface area contributed by atoms with Gasteiger partial charge in [0.15, 0.2) is 0 Å². The van der Waals surface area contributed by atoms with Gasteiger partial charge in [0.25, 0.3) is 5.56 Å². The van der Waals surface area contributed by atoms with Gasteiger partial charge in [0.1, 0.15) is 6.61 Å². The molecule has 0 radical (unpaired) electrons. The fourth-order valence-corrected chi connectivity index (χ4v) is 4.80. The Labute approximate surface area is 166 Å². The van der Waals surface area contributed by atoms with E-state index in [-0.39, 0.29) is 18.9 Å². The molecule has 2 atom stereocenters. The minimum absolute atomic E-state index is 0.101. The van der Waals surface area contributed by atoms with Gasteiger partial charge in [-0.15, -0.1) is 0 Å². The molecule has 1 rings (SSSR count). The first kappa shape index (κ1) is 23.8. The van der Waals surface area contributed by atoms with Crippen LogP contribution in [0.2, 0.25) is 0 Å². The largest absolute Gasteiger partial charge is 0.486 e. The summed E-state index contributed by atoms with van der Waals surface area (Å²) >= 11 is 0. The lowest BCUT2D eigenvalue weighted by molar-refractivity contribution is 0.324. The van der Waals surface area contributed by atoms with E-state index < -0.39 is 32.8 Å². The second-order valence-electron chi connectivity index (χ2n) is 6.46. The van der Waals surface area contributed by atoms with Crippen molar-refractivity contribution in [1.82, 2.24) is 9.13 Å². The highest BCUT2D eigenvalue weighted by atomic mass is 32.2. The van der Waals surface area contributed by atoms with Crippen molar-refractivity contribution >= 4 is 21.6 Å². The Balaban J connectivity index is 2.88. The number of hydrogen-bond acceptors (Lipinski definition) is 5. The summed E-state index contributed by atoms with van der Waals surface area (Å²) in [6.45, 7) is 6.17. The maximum absolute atomic E-state index is 12.4. The molecule has 9 heteroatoms. The number of nitrogens with zero attached hydrogens (tertiary/aromatic N) is 2. The van der Waals surface area contributed by atoms with Gasteiger partial charge < -0.3 is 4.74 Å². The van der Waals surface area contributed by atoms with Crippen molar-refractivity contribution in [3.05, 3.63) is 26.5 Å². The van der Waals surface area contributed by atoms with Crippen LogP contribution in [0.1, 0.15) is 45.2 Å². The third-order valence-electron chi connectivity index (χ3n) is 4.30. The fourth-order valence-electron chi connectivity index (χ4n) is 2.52. The lowest BCUT2D eigenvalue weighted by Gasteiger charge is -2.16. The van der Waals surface area contributed by atoms with Gasteiger partial charge in [0, 0.05) is 52.5 Å². The Morgan fingerprint density at radius 3 is 2.04 bits per heavy atom. The Morgan fingerprint density at radius 1 is 0.926 bits per heavy atom. The van der Waals surface area contributed by atoms with Gasteiger partial charge in [-0.25, -0.2) is 4.79 Å². The number of ether oxygens (including phenoxy) is 1. The van der Waals surface area contributed by atoms with Crippen molar-refractivity contribution in [2.24, 2.45) is 7.05 Å². The molecule has 27 heavy (non-hydrogen) atoms. The summed E-state index contributed by atoms with van der Waals surface area (Å²) in [5.41, 5.74) is -0.515. The smallest absolute Gasteiger partial charge is 0.331 e. The summed E-state index contributed by atoms with van der Waals surface area (Å²) in [5.74, 6) is 2.05. The summed E-state index contributed by atoms with van der Waals surface area (Å²) in [4.78, 5) is 24.8. The van der Waals surface area contributed by atoms with Crippen LogP contribution in [0, 0.1) is 6.92 Å². The van der Waals surface area contributed by atoms with Crippen molar-refractivity contribution in [2.45, 2.75) is 53.0 Å². The molecule has 0 amide bonds. The molecule has 1 aromatic rings. The van der Waals surface area contributed by atoms with Crippen LogP contribution >= 0.6 is 0 Å². The Kier molecular flexibility index (Phi) is 10.8. The second kappa shape index (κ2) is 12.3. The first-order valence-electron chi connectivity index (χ1n) is 9.46. The topological polar surface area (TPSA) is 87.4 Å². The molecule has 1 aromatic heterocycles. The molecule has 2 unspecified atom stereocenters. The summed E-state index contributed by atoms with van der Waals surface area (Å²) in [7, 11) is -0.572. The van der Waals surface area contributed by atoms with Crippen LogP contribution in [0.3, 0.4) is 0 Å². The predicted molar refractivity (Wildman–Crippen MR) is 112 cm³/mol. The molecule has 0 aliphatic heterocycles. The van der Waals surface area contributed by atoms with E-state index in [1.54, 1.807) is 6.92 Å². The van der Waals surface area contributed by atoms with Gasteiger partial charge >= 0.3 is 5.69 Å². The van der Waals surface area contributed by atoms with Crippen LogP contribution in [0.5, 0.6) is 5.75 Å². The van der Waals surface area contributed by atoms with Gasteiger partial charge in [-0.05, 0) is 19.8 Å². The maximum Gasteiger partial charge on any atom is 0.331 e. The van der Waals surface area contributed by atoms with E-state index in [9.17, 15) is 18.0 Å². The summed E-state index contributed by atoms with van der Waals surface area (Å²) < 4.78 is 32.0. The van der Waals surface area contributed by atoms with Gasteiger partial charge in [0.05, 0.1) is 11.4 Å². The van der Waals surface area contributed by atoms with E-state index in [4.69, 9.17) is 4.74 Å². The average Bonchev–Trinajstić information content (AvgIpc) is 2.65. The van der Waals surface area contributed by atoms with Crippen LogP contribution in [0.25, 0.3) is 0 Å². The van der Waals surface area contributed by atoms with Gasteiger partial charge in [-0.2, -0.15) is 0 Å². The molecule has 0 aliphatic rings. The van der Waals surface area contributed by atoms with Crippen LogP contribution < -0.4 is 16.0 Å². The Hall–Kier alpha value is -1.22. The monoisotopic (exact) mass is 420 g/mol. The minimum Gasteiger partial charge on any atom is -0.486 e. The van der Waals surface area contributed by atoms with Crippen molar-refractivity contribution in [1.29, 1.82) is 0 Å². The van der Waals surface area contributed by atoms with E-state index in [0.717, 1.165) is 30.3 Å². The third-order valence-corrected chi connectivity index (χ3v) is 7.05. The summed E-state index contributed by atoms with van der Waals surface area (Å²) in [6, 6.07) is 0. The molecule has 156 valence electrons. The predicted octanol–water partition coefficient (Wildman–Crippen LogP) is 1.33. The maximum atomic E-state index is 12.4. The van der Waals surface area contributed by atoms with Crippen LogP contribution in [0.15, 0.2) is 9.59 Å². The molecular formula is C18H32N2O5S2. The van der Waals surface area contributed by atoms with Crippen molar-refractivity contribution < 1.29 is 13.2 Å². The molecule has 0 bridgehead atoms. The molecular weight excluding hydrogens is 388 g/mol. The zero-order valence-electron chi connectivity index (χ0n) is 16.8. The quantitative estimate of drug-likeness (QED) is 0.480. The third kappa shape index (κ3) is 7.37. The molecule has 0 aromatic carbocycles. The SMILES string of the molecule is CCCCS(=O)CCOc1c(C)n(CCS(=O)CCCC)c(=O)n(C)c1=O. The standard InChI is InChI=1S/C18H32N2O5S2/c1-5-7-11-26(23)13-9-20-15(3)16(17(21)19(4)18(20)22)25-10-14-27(24)12-8-6-2/h5-14H2,1-4H3. The van der Waals surface area contributed by atoms with E-state index in [2.05, 4.69) is 0 Å². The Morgan fingerprint density at radius 2 is 1.48 bits per heavy atom. The number of unbranched alkanes of at least 4 members (excludes halogenated alkanes) is 2. The molecule has 1 heterocycles. The second-order valence-corrected chi connectivity index (χ2v) is 9.86. The summed E-state index contributed by atoms with van der Waals surface area (Å²) in [5, 5.41) is 0. The molecule has 0 saturated carbocycles. The van der Waals surface area contributed by atoms with Gasteiger partial charge in [-0.3, -0.25) is 22.3 Å². The molecule has 0 spiro atoms. The first-order valence-corrected chi connectivity index (χ1v) is 12.4. The van der Waals surface area contributed by atoms with E-state index in [0.29, 0.717) is 28.7 Å². The van der Waals surface area contributed by atoms with Crippen molar-refractivity contribution in [3.63, 3.8) is 0 Å². The first-order chi connectivity index (χ1) is 12.8. The number of aromatic nitrogens is 2. The molecule has 0 N–H and O–H groups in total. The van der Waals surface area contributed by atoms with E-state index in [1.807, 2.05) is 13.8 Å². The normalized spacial score (nSPS) is 13.5. The van der Waals surface area contributed by atoms with Gasteiger partial charge in [0.2, 0.25) is 5.75 Å². The number of hydrogen-bond donors (Lipinski definition) is 0. The van der Waals surface area contributed by atoms with Crippen LogP contribution in [-0.2, 0) is 35.2 Å². The summed E-state index contributed by atoms with van der Waals surface area (Å²) in [6.07, 6.45) is 3.74.